The molecule has 0 radical (unpaired) electrons. The van der Waals surface area contributed by atoms with Gasteiger partial charge < -0.3 is 0 Å². The van der Waals surface area contributed by atoms with Crippen LogP contribution < -0.4 is 0 Å². The van der Waals surface area contributed by atoms with Crippen molar-refractivity contribution in [3.05, 3.63) is 29.0 Å². The van der Waals surface area contributed by atoms with Gasteiger partial charge in [0.1, 0.15) is 5.15 Å². The van der Waals surface area contributed by atoms with Gasteiger partial charge in [-0.05, 0) is 26.0 Å². The highest BCUT2D eigenvalue weighted by atomic mass is 35.5. The van der Waals surface area contributed by atoms with E-state index in [0.717, 1.165) is 25.3 Å². The topological polar surface area (TPSA) is 16.1 Å². The molecule has 16 heavy (non-hydrogen) atoms. The molecule has 1 aromatic heterocycles. The molecule has 2 nitrogen and oxygen atoms in total. The summed E-state index contributed by atoms with van der Waals surface area (Å²) in [4.78, 5) is 6.79. The molecule has 0 saturated carbocycles. The van der Waals surface area contributed by atoms with Crippen molar-refractivity contribution in [2.45, 2.75) is 25.1 Å². The van der Waals surface area contributed by atoms with E-state index >= 15 is 0 Å². The van der Waals surface area contributed by atoms with Crippen LogP contribution in [-0.4, -0.2) is 33.5 Å². The minimum Gasteiger partial charge on any atom is -0.295 e. The molecule has 0 aromatic carbocycles. The van der Waals surface area contributed by atoms with Crippen molar-refractivity contribution < 1.29 is 0 Å². The van der Waals surface area contributed by atoms with Crippen LogP contribution >= 0.6 is 23.4 Å². The second kappa shape index (κ2) is 4.94. The van der Waals surface area contributed by atoms with E-state index in [9.17, 15) is 0 Å². The Morgan fingerprint density at radius 3 is 3.00 bits per heavy atom. The Bertz CT molecular complexity index is 368. The maximum absolute atomic E-state index is 5.88. The first-order valence-corrected chi connectivity index (χ1v) is 6.89. The van der Waals surface area contributed by atoms with E-state index in [4.69, 9.17) is 11.6 Å². The Labute approximate surface area is 106 Å². The fourth-order valence-corrected chi connectivity index (χ4v) is 3.37. The van der Waals surface area contributed by atoms with Gasteiger partial charge in [-0.1, -0.05) is 17.7 Å². The summed E-state index contributed by atoms with van der Waals surface area (Å²) in [6.45, 7) is 7.77. The highest BCUT2D eigenvalue weighted by molar-refractivity contribution is 8.00. The monoisotopic (exact) mass is 256 g/mol. The average molecular weight is 257 g/mol. The van der Waals surface area contributed by atoms with Crippen LogP contribution in [0.1, 0.15) is 19.5 Å². The second-order valence-corrected chi connectivity index (χ2v) is 6.96. The summed E-state index contributed by atoms with van der Waals surface area (Å²) >= 11 is 7.93. The van der Waals surface area contributed by atoms with E-state index in [1.54, 1.807) is 0 Å². The third-order valence-electron chi connectivity index (χ3n) is 2.66. The van der Waals surface area contributed by atoms with Crippen molar-refractivity contribution >= 4 is 23.4 Å². The molecule has 2 heterocycles. The first-order valence-electron chi connectivity index (χ1n) is 5.53. The summed E-state index contributed by atoms with van der Waals surface area (Å²) in [5.74, 6) is 1.20. The molecule has 0 amide bonds. The number of pyridine rings is 1. The van der Waals surface area contributed by atoms with E-state index in [2.05, 4.69) is 23.7 Å². The smallest absolute Gasteiger partial charge is 0.129 e. The molecule has 0 atom stereocenters. The maximum Gasteiger partial charge on any atom is 0.129 e. The van der Waals surface area contributed by atoms with E-state index in [0.29, 0.717) is 9.90 Å². The van der Waals surface area contributed by atoms with Crippen LogP contribution in [0, 0.1) is 0 Å². The summed E-state index contributed by atoms with van der Waals surface area (Å²) < 4.78 is 0.358. The molecule has 0 unspecified atom stereocenters. The zero-order chi connectivity index (χ0) is 11.6. The van der Waals surface area contributed by atoms with Crippen LogP contribution in [-0.2, 0) is 6.54 Å². The highest BCUT2D eigenvalue weighted by Crippen LogP contribution is 2.30. The van der Waals surface area contributed by atoms with Crippen LogP contribution in [0.15, 0.2) is 18.2 Å². The number of nitrogens with zero attached hydrogens (tertiary/aromatic N) is 2. The Balaban J connectivity index is 1.99. The summed E-state index contributed by atoms with van der Waals surface area (Å²) in [6.07, 6.45) is 0. The lowest BCUT2D eigenvalue weighted by molar-refractivity contribution is 0.250. The lowest BCUT2D eigenvalue weighted by atomic mass is 10.2. The Hall–Kier alpha value is -0.250. The molecule has 1 fully saturated rings. The summed E-state index contributed by atoms with van der Waals surface area (Å²) in [7, 11) is 0. The number of thioether (sulfide) groups is 1. The highest BCUT2D eigenvalue weighted by Gasteiger charge is 2.26. The largest absolute Gasteiger partial charge is 0.295 e. The molecule has 1 saturated heterocycles. The normalized spacial score (nSPS) is 20.9. The van der Waals surface area contributed by atoms with Gasteiger partial charge in [0.2, 0.25) is 0 Å². The van der Waals surface area contributed by atoms with Crippen LogP contribution in [0.4, 0.5) is 0 Å². The van der Waals surface area contributed by atoms with Crippen molar-refractivity contribution in [1.29, 1.82) is 0 Å². The fraction of sp³-hybridized carbons (Fsp3) is 0.583. The molecule has 1 aliphatic rings. The fourth-order valence-electron chi connectivity index (χ4n) is 2.02. The lowest BCUT2D eigenvalue weighted by Crippen LogP contribution is -2.42. The van der Waals surface area contributed by atoms with E-state index in [1.165, 1.54) is 5.75 Å². The molecule has 4 heteroatoms. The minimum atomic E-state index is 0.358. The first kappa shape index (κ1) is 12.2. The second-order valence-electron chi connectivity index (χ2n) is 4.77. The van der Waals surface area contributed by atoms with Gasteiger partial charge in [-0.25, -0.2) is 4.98 Å². The summed E-state index contributed by atoms with van der Waals surface area (Å²) in [5, 5.41) is 0.586. The van der Waals surface area contributed by atoms with Crippen LogP contribution in [0.5, 0.6) is 0 Å². The van der Waals surface area contributed by atoms with Crippen molar-refractivity contribution in [3.63, 3.8) is 0 Å². The van der Waals surface area contributed by atoms with Crippen LogP contribution in [0.3, 0.4) is 0 Å². The predicted octanol–water partition coefficient (Wildman–Crippen LogP) is 3.06. The summed E-state index contributed by atoms with van der Waals surface area (Å²) in [5.41, 5.74) is 1.07. The van der Waals surface area contributed by atoms with Crippen molar-refractivity contribution in [1.82, 2.24) is 9.88 Å². The Morgan fingerprint density at radius 1 is 1.50 bits per heavy atom. The van der Waals surface area contributed by atoms with Gasteiger partial charge in [-0.2, -0.15) is 11.8 Å². The maximum atomic E-state index is 5.88. The predicted molar refractivity (Wildman–Crippen MR) is 71.1 cm³/mol. The van der Waals surface area contributed by atoms with Crippen molar-refractivity contribution in [3.8, 4) is 0 Å². The first-order chi connectivity index (χ1) is 7.55. The third kappa shape index (κ3) is 3.37. The molecular formula is C12H17ClN2S. The van der Waals surface area contributed by atoms with Gasteiger partial charge in [0.05, 0.1) is 5.69 Å². The van der Waals surface area contributed by atoms with Gasteiger partial charge in [-0.3, -0.25) is 4.90 Å². The van der Waals surface area contributed by atoms with Gasteiger partial charge in [0.25, 0.3) is 0 Å². The quantitative estimate of drug-likeness (QED) is 0.757. The number of hydrogen-bond donors (Lipinski definition) is 0. The van der Waals surface area contributed by atoms with Gasteiger partial charge in [0.15, 0.2) is 0 Å². The molecule has 0 N–H and O–H groups in total. The van der Waals surface area contributed by atoms with Crippen molar-refractivity contribution in [2.75, 3.05) is 18.8 Å². The molecule has 1 aliphatic heterocycles. The van der Waals surface area contributed by atoms with Crippen molar-refractivity contribution in [2.24, 2.45) is 0 Å². The molecule has 88 valence electrons. The molecule has 2 rings (SSSR count). The summed E-state index contributed by atoms with van der Waals surface area (Å²) in [6, 6.07) is 5.83. The number of rotatable bonds is 2. The molecule has 0 spiro atoms. The van der Waals surface area contributed by atoms with Gasteiger partial charge >= 0.3 is 0 Å². The molecule has 0 bridgehead atoms. The number of halogens is 1. The lowest BCUT2D eigenvalue weighted by Gasteiger charge is -2.37. The van der Waals surface area contributed by atoms with Crippen LogP contribution in [0.2, 0.25) is 5.15 Å². The zero-order valence-electron chi connectivity index (χ0n) is 9.74. The van der Waals surface area contributed by atoms with E-state index < -0.39 is 0 Å². The molecular weight excluding hydrogens is 240 g/mol. The standard InChI is InChI=1S/C12H17ClN2S/c1-12(2)9-15(6-7-16-12)8-10-4-3-5-11(13)14-10/h3-5H,6-9H2,1-2H3. The average Bonchev–Trinajstić information content (AvgIpc) is 2.15. The molecule has 1 aromatic rings. The Morgan fingerprint density at radius 2 is 2.31 bits per heavy atom. The number of aromatic nitrogens is 1. The minimum absolute atomic E-state index is 0.358. The van der Waals surface area contributed by atoms with E-state index in [-0.39, 0.29) is 0 Å². The number of hydrogen-bond acceptors (Lipinski definition) is 3. The van der Waals surface area contributed by atoms with Crippen LogP contribution in [0.25, 0.3) is 0 Å². The molecule has 0 aliphatic carbocycles. The SMILES string of the molecule is CC1(C)CN(Cc2cccc(Cl)n2)CCS1. The van der Waals surface area contributed by atoms with E-state index in [1.807, 2.05) is 30.0 Å². The zero-order valence-corrected chi connectivity index (χ0v) is 11.3. The third-order valence-corrected chi connectivity index (χ3v) is 4.17. The van der Waals surface area contributed by atoms with Gasteiger partial charge in [0, 0.05) is 30.1 Å². The Kier molecular flexibility index (Phi) is 3.77. The van der Waals surface area contributed by atoms with Gasteiger partial charge in [-0.15, -0.1) is 0 Å².